The Hall–Kier alpha value is -0.0800. The second kappa shape index (κ2) is 4.19. The molecule has 0 aromatic carbocycles. The highest BCUT2D eigenvalue weighted by Gasteiger charge is 2.30. The second-order valence-corrected chi connectivity index (χ2v) is 5.44. The number of likely N-dealkylation sites (N-methyl/N-ethyl adjacent to an activating group) is 1. The Morgan fingerprint density at radius 2 is 2.14 bits per heavy atom. The van der Waals surface area contributed by atoms with Gasteiger partial charge in [-0.2, -0.15) is 0 Å². The van der Waals surface area contributed by atoms with Crippen molar-refractivity contribution in [2.75, 3.05) is 20.1 Å². The number of nitrogens with one attached hydrogen (secondary N) is 1. The smallest absolute Gasteiger partial charge is 0.0209 e. The second-order valence-electron chi connectivity index (χ2n) is 5.44. The summed E-state index contributed by atoms with van der Waals surface area (Å²) in [7, 11) is 2.23. The highest BCUT2D eigenvalue weighted by Crippen LogP contribution is 2.36. The summed E-state index contributed by atoms with van der Waals surface area (Å²) in [6, 6.07) is 1.51. The molecule has 0 bridgehead atoms. The van der Waals surface area contributed by atoms with Gasteiger partial charge in [-0.25, -0.2) is 0 Å². The van der Waals surface area contributed by atoms with Gasteiger partial charge in [0.05, 0.1) is 0 Å². The Kier molecular flexibility index (Phi) is 3.13. The van der Waals surface area contributed by atoms with E-state index < -0.39 is 0 Å². The number of rotatable bonds is 4. The van der Waals surface area contributed by atoms with E-state index in [9.17, 15) is 0 Å². The molecule has 1 saturated heterocycles. The van der Waals surface area contributed by atoms with Gasteiger partial charge >= 0.3 is 0 Å². The van der Waals surface area contributed by atoms with E-state index in [-0.39, 0.29) is 0 Å². The van der Waals surface area contributed by atoms with E-state index in [4.69, 9.17) is 0 Å². The minimum atomic E-state index is 0.746. The van der Waals surface area contributed by atoms with Crippen LogP contribution in [0.5, 0.6) is 0 Å². The molecule has 2 aliphatic rings. The van der Waals surface area contributed by atoms with E-state index in [1.54, 1.807) is 0 Å². The highest BCUT2D eigenvalue weighted by molar-refractivity contribution is 4.87. The Morgan fingerprint density at radius 3 is 2.64 bits per heavy atom. The highest BCUT2D eigenvalue weighted by atomic mass is 15.2. The summed E-state index contributed by atoms with van der Waals surface area (Å²) in [6.45, 7) is 7.19. The standard InChI is InChI=1S/C12H24N2/c1-9(11-4-5-11)7-13-12-6-10(2)14(3)8-12/h9-13H,4-8H2,1-3H3. The van der Waals surface area contributed by atoms with Crippen molar-refractivity contribution < 1.29 is 0 Å². The van der Waals surface area contributed by atoms with Crippen molar-refractivity contribution in [1.29, 1.82) is 0 Å². The molecule has 3 unspecified atom stereocenters. The molecule has 2 heteroatoms. The molecular formula is C12H24N2. The Balaban J connectivity index is 1.65. The van der Waals surface area contributed by atoms with Gasteiger partial charge in [0.15, 0.2) is 0 Å². The van der Waals surface area contributed by atoms with Gasteiger partial charge in [-0.15, -0.1) is 0 Å². The van der Waals surface area contributed by atoms with E-state index in [0.29, 0.717) is 0 Å². The first-order chi connectivity index (χ1) is 6.66. The molecule has 1 N–H and O–H groups in total. The molecule has 3 atom stereocenters. The Bertz CT molecular complexity index is 179. The van der Waals surface area contributed by atoms with E-state index in [1.807, 2.05) is 0 Å². The van der Waals surface area contributed by atoms with E-state index >= 15 is 0 Å². The monoisotopic (exact) mass is 196 g/mol. The molecule has 0 amide bonds. The predicted molar refractivity (Wildman–Crippen MR) is 60.4 cm³/mol. The van der Waals surface area contributed by atoms with Crippen molar-refractivity contribution in [3.63, 3.8) is 0 Å². The zero-order chi connectivity index (χ0) is 10.1. The third kappa shape index (κ3) is 2.48. The van der Waals surface area contributed by atoms with Crippen LogP contribution in [0, 0.1) is 11.8 Å². The molecule has 0 spiro atoms. The van der Waals surface area contributed by atoms with Gasteiger partial charge in [0.1, 0.15) is 0 Å². The lowest BCUT2D eigenvalue weighted by atomic mass is 10.1. The summed E-state index contributed by atoms with van der Waals surface area (Å²) in [5.41, 5.74) is 0. The van der Waals surface area contributed by atoms with Crippen LogP contribution in [0.4, 0.5) is 0 Å². The fourth-order valence-corrected chi connectivity index (χ4v) is 2.53. The molecule has 1 saturated carbocycles. The first-order valence-electron chi connectivity index (χ1n) is 6.10. The first-order valence-corrected chi connectivity index (χ1v) is 6.10. The van der Waals surface area contributed by atoms with Crippen molar-refractivity contribution in [3.8, 4) is 0 Å². The zero-order valence-corrected chi connectivity index (χ0v) is 9.79. The van der Waals surface area contributed by atoms with Crippen LogP contribution in [-0.2, 0) is 0 Å². The SMILES string of the molecule is CC(CNC1CC(C)N(C)C1)C1CC1. The lowest BCUT2D eigenvalue weighted by Crippen LogP contribution is -2.35. The van der Waals surface area contributed by atoms with Crippen LogP contribution in [-0.4, -0.2) is 37.1 Å². The normalized spacial score (nSPS) is 36.2. The summed E-state index contributed by atoms with van der Waals surface area (Å²) in [6.07, 6.45) is 4.28. The van der Waals surface area contributed by atoms with E-state index in [1.165, 1.54) is 32.4 Å². The molecular weight excluding hydrogens is 172 g/mol. The minimum Gasteiger partial charge on any atom is -0.312 e. The number of likely N-dealkylation sites (tertiary alicyclic amines) is 1. The van der Waals surface area contributed by atoms with Crippen LogP contribution >= 0.6 is 0 Å². The van der Waals surface area contributed by atoms with Crippen molar-refractivity contribution in [2.45, 2.75) is 45.2 Å². The largest absolute Gasteiger partial charge is 0.312 e. The number of hydrogen-bond donors (Lipinski definition) is 1. The number of nitrogens with zero attached hydrogens (tertiary/aromatic N) is 1. The molecule has 1 aliphatic carbocycles. The summed E-state index contributed by atoms with van der Waals surface area (Å²) in [5.74, 6) is 1.94. The first kappa shape index (κ1) is 10.4. The minimum absolute atomic E-state index is 0.746. The molecule has 0 radical (unpaired) electrons. The van der Waals surface area contributed by atoms with Gasteiger partial charge in [-0.3, -0.25) is 0 Å². The summed E-state index contributed by atoms with van der Waals surface area (Å²) >= 11 is 0. The lowest BCUT2D eigenvalue weighted by molar-refractivity contribution is 0.325. The summed E-state index contributed by atoms with van der Waals surface area (Å²) in [5, 5.41) is 3.72. The summed E-state index contributed by atoms with van der Waals surface area (Å²) < 4.78 is 0. The summed E-state index contributed by atoms with van der Waals surface area (Å²) in [4.78, 5) is 2.46. The van der Waals surface area contributed by atoms with Crippen LogP contribution in [0.15, 0.2) is 0 Å². The predicted octanol–water partition coefficient (Wildman–Crippen LogP) is 1.71. The van der Waals surface area contributed by atoms with Crippen molar-refractivity contribution in [3.05, 3.63) is 0 Å². The van der Waals surface area contributed by atoms with Crippen molar-refractivity contribution >= 4 is 0 Å². The molecule has 2 rings (SSSR count). The van der Waals surface area contributed by atoms with E-state index in [2.05, 4.69) is 31.1 Å². The van der Waals surface area contributed by atoms with Crippen LogP contribution in [0.2, 0.25) is 0 Å². The number of hydrogen-bond acceptors (Lipinski definition) is 2. The fourth-order valence-electron chi connectivity index (χ4n) is 2.53. The van der Waals surface area contributed by atoms with Gasteiger partial charge < -0.3 is 10.2 Å². The van der Waals surface area contributed by atoms with Gasteiger partial charge in [0.25, 0.3) is 0 Å². The van der Waals surface area contributed by atoms with Crippen LogP contribution < -0.4 is 5.32 Å². The molecule has 1 heterocycles. The van der Waals surface area contributed by atoms with Gasteiger partial charge in [-0.1, -0.05) is 6.92 Å². The van der Waals surface area contributed by atoms with Crippen LogP contribution in [0.3, 0.4) is 0 Å². The molecule has 2 fully saturated rings. The van der Waals surface area contributed by atoms with Gasteiger partial charge in [-0.05, 0) is 51.6 Å². The van der Waals surface area contributed by atoms with Crippen molar-refractivity contribution in [2.24, 2.45) is 11.8 Å². The zero-order valence-electron chi connectivity index (χ0n) is 9.79. The lowest BCUT2D eigenvalue weighted by Gasteiger charge is -2.16. The van der Waals surface area contributed by atoms with Gasteiger partial charge in [0, 0.05) is 18.6 Å². The molecule has 0 aromatic heterocycles. The van der Waals surface area contributed by atoms with Gasteiger partial charge in [0.2, 0.25) is 0 Å². The molecule has 2 nitrogen and oxygen atoms in total. The third-order valence-electron chi connectivity index (χ3n) is 4.04. The Labute approximate surface area is 88.1 Å². The Morgan fingerprint density at radius 1 is 1.43 bits per heavy atom. The van der Waals surface area contributed by atoms with Crippen molar-refractivity contribution in [1.82, 2.24) is 10.2 Å². The average Bonchev–Trinajstić information content (AvgIpc) is 2.92. The van der Waals surface area contributed by atoms with E-state index in [0.717, 1.165) is 23.9 Å². The molecule has 14 heavy (non-hydrogen) atoms. The van der Waals surface area contributed by atoms with Crippen LogP contribution in [0.1, 0.15) is 33.1 Å². The molecule has 1 aliphatic heterocycles. The molecule has 0 aromatic rings. The maximum atomic E-state index is 3.72. The maximum absolute atomic E-state index is 3.72. The topological polar surface area (TPSA) is 15.3 Å². The average molecular weight is 196 g/mol. The quantitative estimate of drug-likeness (QED) is 0.736. The molecule has 82 valence electrons. The maximum Gasteiger partial charge on any atom is 0.0209 e. The fraction of sp³-hybridized carbons (Fsp3) is 1.00. The van der Waals surface area contributed by atoms with Crippen LogP contribution in [0.25, 0.3) is 0 Å². The third-order valence-corrected chi connectivity index (χ3v) is 4.04.